The summed E-state index contributed by atoms with van der Waals surface area (Å²) >= 11 is 0. The molecule has 0 aliphatic carbocycles. The number of hydrogen-bond donors (Lipinski definition) is 1. The lowest BCUT2D eigenvalue weighted by Gasteiger charge is -2.26. The maximum absolute atomic E-state index is 12.6. The number of nitrogens with zero attached hydrogens (tertiary/aromatic N) is 4. The Labute approximate surface area is 136 Å². The summed E-state index contributed by atoms with van der Waals surface area (Å²) in [6, 6.07) is 3.97. The highest BCUT2D eigenvalue weighted by molar-refractivity contribution is 5.79. The Morgan fingerprint density at radius 2 is 2.26 bits per heavy atom. The third kappa shape index (κ3) is 3.23. The van der Waals surface area contributed by atoms with Gasteiger partial charge in [-0.1, -0.05) is 6.07 Å². The van der Waals surface area contributed by atoms with Gasteiger partial charge in [-0.2, -0.15) is 0 Å². The van der Waals surface area contributed by atoms with Gasteiger partial charge in [0.05, 0.1) is 24.3 Å². The van der Waals surface area contributed by atoms with Crippen molar-refractivity contribution >= 4 is 11.6 Å². The van der Waals surface area contributed by atoms with E-state index in [1.54, 1.807) is 11.1 Å². The van der Waals surface area contributed by atoms with Gasteiger partial charge in [-0.15, -0.1) is 0 Å². The summed E-state index contributed by atoms with van der Waals surface area (Å²) in [5.74, 6) is 0.0444. The molecule has 2 aromatic rings. The summed E-state index contributed by atoms with van der Waals surface area (Å²) in [4.78, 5) is 20.7. The SMILES string of the molecule is Cc1cccn2c(CC(=O)N3CCC(O)(CN(C)C)C3)cnc12. The van der Waals surface area contributed by atoms with Gasteiger partial charge in [-0.25, -0.2) is 4.98 Å². The number of imidazole rings is 1. The maximum atomic E-state index is 12.6. The van der Waals surface area contributed by atoms with Gasteiger partial charge in [0.15, 0.2) is 0 Å². The first kappa shape index (κ1) is 16.0. The molecule has 0 bridgehead atoms. The minimum Gasteiger partial charge on any atom is -0.387 e. The van der Waals surface area contributed by atoms with Crippen LogP contribution in [-0.4, -0.2) is 69.5 Å². The Kier molecular flexibility index (Phi) is 4.12. The first-order valence-electron chi connectivity index (χ1n) is 7.94. The predicted molar refractivity (Wildman–Crippen MR) is 88.3 cm³/mol. The molecule has 2 aromatic heterocycles. The van der Waals surface area contributed by atoms with Gasteiger partial charge < -0.3 is 19.3 Å². The zero-order chi connectivity index (χ0) is 16.6. The fourth-order valence-corrected chi connectivity index (χ4v) is 3.39. The Hall–Kier alpha value is -1.92. The Bertz CT molecular complexity index is 724. The van der Waals surface area contributed by atoms with Gasteiger partial charge in [-0.3, -0.25) is 4.79 Å². The fourth-order valence-electron chi connectivity index (χ4n) is 3.39. The average Bonchev–Trinajstić information content (AvgIpc) is 3.04. The number of hydrogen-bond acceptors (Lipinski definition) is 4. The number of carbonyl (C=O) groups is 1. The number of amides is 1. The van der Waals surface area contributed by atoms with Crippen LogP contribution < -0.4 is 0 Å². The molecular formula is C17H24N4O2. The van der Waals surface area contributed by atoms with E-state index in [9.17, 15) is 9.90 Å². The molecule has 1 fully saturated rings. The van der Waals surface area contributed by atoms with E-state index in [0.29, 0.717) is 32.5 Å². The minimum atomic E-state index is -0.796. The quantitative estimate of drug-likeness (QED) is 0.902. The fraction of sp³-hybridized carbons (Fsp3) is 0.529. The van der Waals surface area contributed by atoms with Crippen LogP contribution in [0.2, 0.25) is 0 Å². The van der Waals surface area contributed by atoms with Crippen LogP contribution in [0.3, 0.4) is 0 Å². The molecule has 23 heavy (non-hydrogen) atoms. The number of aryl methyl sites for hydroxylation is 1. The van der Waals surface area contributed by atoms with Crippen LogP contribution in [0, 0.1) is 6.92 Å². The summed E-state index contributed by atoms with van der Waals surface area (Å²) < 4.78 is 1.97. The van der Waals surface area contributed by atoms with Crippen molar-refractivity contribution in [2.75, 3.05) is 33.7 Å². The monoisotopic (exact) mass is 316 g/mol. The highest BCUT2D eigenvalue weighted by Crippen LogP contribution is 2.23. The van der Waals surface area contributed by atoms with E-state index in [1.165, 1.54) is 0 Å². The van der Waals surface area contributed by atoms with Crippen molar-refractivity contribution in [2.45, 2.75) is 25.4 Å². The number of likely N-dealkylation sites (tertiary alicyclic amines) is 1. The molecule has 6 heteroatoms. The largest absolute Gasteiger partial charge is 0.387 e. The van der Waals surface area contributed by atoms with Gasteiger partial charge in [0.2, 0.25) is 5.91 Å². The lowest BCUT2D eigenvalue weighted by Crippen LogP contribution is -2.43. The summed E-state index contributed by atoms with van der Waals surface area (Å²) in [5.41, 5.74) is 2.07. The van der Waals surface area contributed by atoms with Crippen LogP contribution in [-0.2, 0) is 11.2 Å². The number of fused-ring (bicyclic) bond motifs is 1. The molecule has 1 aliphatic rings. The molecule has 3 rings (SSSR count). The van der Waals surface area contributed by atoms with Crippen molar-refractivity contribution in [1.29, 1.82) is 0 Å². The summed E-state index contributed by atoms with van der Waals surface area (Å²) in [6.07, 6.45) is 4.64. The lowest BCUT2D eigenvalue weighted by atomic mass is 10.0. The topological polar surface area (TPSA) is 61.1 Å². The zero-order valence-corrected chi connectivity index (χ0v) is 14.0. The van der Waals surface area contributed by atoms with Gasteiger partial charge in [0.25, 0.3) is 0 Å². The first-order valence-corrected chi connectivity index (χ1v) is 7.94. The Morgan fingerprint density at radius 1 is 1.48 bits per heavy atom. The van der Waals surface area contributed by atoms with Crippen LogP contribution in [0.15, 0.2) is 24.5 Å². The number of rotatable bonds is 4. The van der Waals surface area contributed by atoms with Gasteiger partial charge >= 0.3 is 0 Å². The average molecular weight is 316 g/mol. The van der Waals surface area contributed by atoms with Crippen molar-refractivity contribution < 1.29 is 9.90 Å². The van der Waals surface area contributed by atoms with Crippen molar-refractivity contribution in [3.63, 3.8) is 0 Å². The molecule has 1 saturated heterocycles. The zero-order valence-electron chi connectivity index (χ0n) is 14.0. The van der Waals surface area contributed by atoms with Crippen LogP contribution in [0.25, 0.3) is 5.65 Å². The summed E-state index contributed by atoms with van der Waals surface area (Å²) in [5, 5.41) is 10.6. The second-order valence-corrected chi connectivity index (χ2v) is 6.84. The molecule has 1 N–H and O–H groups in total. The smallest absolute Gasteiger partial charge is 0.228 e. The summed E-state index contributed by atoms with van der Waals surface area (Å²) in [7, 11) is 3.87. The van der Waals surface area contributed by atoms with Crippen molar-refractivity contribution in [3.05, 3.63) is 35.8 Å². The number of aliphatic hydroxyl groups is 1. The molecule has 3 heterocycles. The van der Waals surface area contributed by atoms with Gasteiger partial charge in [-0.05, 0) is 39.1 Å². The molecule has 0 saturated carbocycles. The first-order chi connectivity index (χ1) is 10.9. The molecule has 1 aliphatic heterocycles. The number of carbonyl (C=O) groups excluding carboxylic acids is 1. The highest BCUT2D eigenvalue weighted by atomic mass is 16.3. The molecular weight excluding hydrogens is 292 g/mol. The molecule has 1 atom stereocenters. The number of pyridine rings is 1. The predicted octanol–water partition coefficient (Wildman–Crippen LogP) is 0.710. The van der Waals surface area contributed by atoms with Crippen LogP contribution in [0.5, 0.6) is 0 Å². The minimum absolute atomic E-state index is 0.0444. The third-order valence-electron chi connectivity index (χ3n) is 4.44. The highest BCUT2D eigenvalue weighted by Gasteiger charge is 2.38. The van der Waals surface area contributed by atoms with Crippen molar-refractivity contribution in [3.8, 4) is 0 Å². The normalized spacial score (nSPS) is 21.5. The van der Waals surface area contributed by atoms with Crippen LogP contribution >= 0.6 is 0 Å². The van der Waals surface area contributed by atoms with E-state index in [0.717, 1.165) is 16.9 Å². The number of likely N-dealkylation sites (N-methyl/N-ethyl adjacent to an activating group) is 1. The number of β-amino-alcohol motifs (C(OH)–C–C–N with tert-alkyl or cyclic N) is 1. The Balaban J connectivity index is 1.71. The summed E-state index contributed by atoms with van der Waals surface area (Å²) in [6.45, 7) is 3.60. The lowest BCUT2D eigenvalue weighted by molar-refractivity contribution is -0.130. The molecule has 6 nitrogen and oxygen atoms in total. The van der Waals surface area contributed by atoms with Crippen molar-refractivity contribution in [1.82, 2.24) is 19.2 Å². The molecule has 0 spiro atoms. The standard InChI is InChI=1S/C17H24N4O2/c1-13-5-4-7-21-14(10-18-16(13)21)9-15(22)20-8-6-17(23,12-20)11-19(2)3/h4-5,7,10,23H,6,8-9,11-12H2,1-3H3. The molecule has 1 unspecified atom stereocenters. The molecule has 124 valence electrons. The van der Waals surface area contributed by atoms with E-state index in [4.69, 9.17) is 0 Å². The van der Waals surface area contributed by atoms with Gasteiger partial charge in [0.1, 0.15) is 5.65 Å². The van der Waals surface area contributed by atoms with Crippen LogP contribution in [0.4, 0.5) is 0 Å². The molecule has 1 amide bonds. The van der Waals surface area contributed by atoms with E-state index in [-0.39, 0.29) is 5.91 Å². The number of aromatic nitrogens is 2. The molecule has 0 radical (unpaired) electrons. The molecule has 0 aromatic carbocycles. The second kappa shape index (κ2) is 5.94. The maximum Gasteiger partial charge on any atom is 0.228 e. The second-order valence-electron chi connectivity index (χ2n) is 6.84. The Morgan fingerprint density at radius 3 is 3.00 bits per heavy atom. The van der Waals surface area contributed by atoms with E-state index in [2.05, 4.69) is 4.98 Å². The third-order valence-corrected chi connectivity index (χ3v) is 4.44. The van der Waals surface area contributed by atoms with Crippen molar-refractivity contribution in [2.24, 2.45) is 0 Å². The van der Waals surface area contributed by atoms with E-state index < -0.39 is 5.60 Å². The van der Waals surface area contributed by atoms with Gasteiger partial charge in [0, 0.05) is 25.5 Å². The van der Waals surface area contributed by atoms with Crippen LogP contribution in [0.1, 0.15) is 17.7 Å². The van der Waals surface area contributed by atoms with E-state index >= 15 is 0 Å². The van der Waals surface area contributed by atoms with E-state index in [1.807, 2.05) is 48.6 Å².